The van der Waals surface area contributed by atoms with E-state index in [1.165, 1.54) is 5.57 Å². The zero-order valence-electron chi connectivity index (χ0n) is 15.7. The summed E-state index contributed by atoms with van der Waals surface area (Å²) in [5, 5.41) is 17.2. The number of imidazole rings is 1. The van der Waals surface area contributed by atoms with Crippen molar-refractivity contribution >= 4 is 0 Å². The van der Waals surface area contributed by atoms with Gasteiger partial charge in [0, 0.05) is 48.2 Å². The average Bonchev–Trinajstić information content (AvgIpc) is 3.38. The van der Waals surface area contributed by atoms with Crippen LogP contribution in [0.2, 0.25) is 0 Å². The highest BCUT2D eigenvalue weighted by Crippen LogP contribution is 2.22. The molecule has 6 nitrogen and oxygen atoms in total. The Hall–Kier alpha value is -3.14. The van der Waals surface area contributed by atoms with E-state index < -0.39 is 6.10 Å². The van der Waals surface area contributed by atoms with E-state index in [9.17, 15) is 5.11 Å². The van der Waals surface area contributed by atoms with E-state index in [2.05, 4.69) is 33.4 Å². The number of aliphatic hydroxyl groups excluding tert-OH is 1. The highest BCUT2D eigenvalue weighted by molar-refractivity contribution is 5.59. The number of rotatable bonds is 4. The number of nitrogens with one attached hydrogen (secondary N) is 1. The van der Waals surface area contributed by atoms with Crippen molar-refractivity contribution in [1.82, 2.24) is 20.0 Å². The molecule has 0 radical (unpaired) electrons. The minimum atomic E-state index is -0.629. The number of benzene rings is 1. The van der Waals surface area contributed by atoms with Crippen molar-refractivity contribution in [2.45, 2.75) is 26.0 Å². The monoisotopic (exact) mass is 374 g/mol. The molecule has 4 rings (SSSR count). The number of hydrogen-bond donors (Lipinski definition) is 2. The van der Waals surface area contributed by atoms with Crippen LogP contribution >= 0.6 is 0 Å². The second-order valence-electron chi connectivity index (χ2n) is 6.78. The summed E-state index contributed by atoms with van der Waals surface area (Å²) in [6.07, 6.45) is 5.99. The van der Waals surface area contributed by atoms with Crippen LogP contribution in [-0.4, -0.2) is 32.9 Å². The van der Waals surface area contributed by atoms with E-state index in [-0.39, 0.29) is 0 Å². The van der Waals surface area contributed by atoms with Gasteiger partial charge in [0.2, 0.25) is 0 Å². The van der Waals surface area contributed by atoms with Gasteiger partial charge in [0.1, 0.15) is 17.6 Å². The molecular formula is C22H22N4O2. The molecule has 1 aliphatic rings. The third-order valence-electron chi connectivity index (χ3n) is 4.61. The van der Waals surface area contributed by atoms with Crippen LogP contribution in [0.1, 0.15) is 36.5 Å². The highest BCUT2D eigenvalue weighted by atomic mass is 16.5. The average molecular weight is 374 g/mol. The molecule has 0 bridgehead atoms. The van der Waals surface area contributed by atoms with Crippen molar-refractivity contribution in [2.75, 3.05) is 13.1 Å². The molecule has 0 aliphatic carbocycles. The van der Waals surface area contributed by atoms with Crippen molar-refractivity contribution in [3.63, 3.8) is 0 Å². The number of hydrogen-bond acceptors (Lipinski definition) is 5. The largest absolute Gasteiger partial charge is 0.385 e. The quantitative estimate of drug-likeness (QED) is 0.687. The number of aliphatic hydroxyl groups is 1. The fourth-order valence-electron chi connectivity index (χ4n) is 3.13. The summed E-state index contributed by atoms with van der Waals surface area (Å²) in [5.74, 6) is 7.78. The van der Waals surface area contributed by atoms with E-state index >= 15 is 0 Å². The first kappa shape index (κ1) is 18.2. The Morgan fingerprint density at radius 1 is 1.29 bits per heavy atom. The topological polar surface area (TPSA) is 76.1 Å². The lowest BCUT2D eigenvalue weighted by Crippen LogP contribution is -2.19. The summed E-state index contributed by atoms with van der Waals surface area (Å²) in [4.78, 5) is 4.17. The van der Waals surface area contributed by atoms with E-state index in [1.54, 1.807) is 13.1 Å². The molecule has 28 heavy (non-hydrogen) atoms. The molecule has 0 spiro atoms. The van der Waals surface area contributed by atoms with Crippen LogP contribution in [0, 0.1) is 11.8 Å². The van der Waals surface area contributed by atoms with Crippen molar-refractivity contribution in [2.24, 2.45) is 0 Å². The summed E-state index contributed by atoms with van der Waals surface area (Å²) < 4.78 is 7.36. The molecule has 2 aromatic heterocycles. The van der Waals surface area contributed by atoms with Crippen LogP contribution in [0.15, 0.2) is 58.9 Å². The van der Waals surface area contributed by atoms with Crippen LogP contribution in [-0.2, 0) is 6.54 Å². The minimum absolute atomic E-state index is 0.497. The van der Waals surface area contributed by atoms with Crippen molar-refractivity contribution in [3.05, 3.63) is 71.5 Å². The Balaban J connectivity index is 1.46. The Kier molecular flexibility index (Phi) is 5.38. The van der Waals surface area contributed by atoms with Crippen molar-refractivity contribution in [1.29, 1.82) is 0 Å². The first-order valence-electron chi connectivity index (χ1n) is 9.36. The molecule has 1 unspecified atom stereocenters. The molecule has 0 saturated carbocycles. The lowest BCUT2D eigenvalue weighted by atomic mass is 10.1. The van der Waals surface area contributed by atoms with Gasteiger partial charge in [0.15, 0.2) is 5.76 Å². The second kappa shape index (κ2) is 8.26. The lowest BCUT2D eigenvalue weighted by Gasteiger charge is -2.07. The zero-order chi connectivity index (χ0) is 19.3. The normalized spacial score (nSPS) is 14.9. The summed E-state index contributed by atoms with van der Waals surface area (Å²) in [6.45, 7) is 4.08. The minimum Gasteiger partial charge on any atom is -0.385 e. The molecule has 142 valence electrons. The molecule has 1 aliphatic heterocycles. The molecule has 3 heterocycles. The van der Waals surface area contributed by atoms with Crippen LogP contribution in [0.5, 0.6) is 0 Å². The molecule has 1 atom stereocenters. The van der Waals surface area contributed by atoms with Gasteiger partial charge < -0.3 is 19.5 Å². The van der Waals surface area contributed by atoms with Gasteiger partial charge in [-0.1, -0.05) is 23.1 Å². The molecular weight excluding hydrogens is 352 g/mol. The maximum atomic E-state index is 9.76. The van der Waals surface area contributed by atoms with E-state index in [0.717, 1.165) is 36.3 Å². The van der Waals surface area contributed by atoms with Gasteiger partial charge in [0.05, 0.1) is 6.54 Å². The first-order valence-corrected chi connectivity index (χ1v) is 9.36. The van der Waals surface area contributed by atoms with Gasteiger partial charge in [-0.25, -0.2) is 4.98 Å². The summed E-state index contributed by atoms with van der Waals surface area (Å²) in [6, 6.07) is 9.88. The van der Waals surface area contributed by atoms with Gasteiger partial charge in [-0.15, -0.1) is 0 Å². The summed E-state index contributed by atoms with van der Waals surface area (Å²) in [7, 11) is 0. The van der Waals surface area contributed by atoms with Crippen molar-refractivity contribution < 1.29 is 9.63 Å². The number of nitrogens with zero attached hydrogens (tertiary/aromatic N) is 3. The standard InChI is InChI=1S/C22H22N4O2/c1-16(27)22-24-12-13-26(22)15-20-14-21(28-25-20)19-6-4-17(5-7-19)2-3-18-8-10-23-11-9-18/h4-8,12-14,16,23,27H,9-11,15H2,1H3. The van der Waals surface area contributed by atoms with Gasteiger partial charge in [-0.05, 0) is 37.6 Å². The second-order valence-corrected chi connectivity index (χ2v) is 6.78. The molecule has 2 N–H and O–H groups in total. The first-order chi connectivity index (χ1) is 13.7. The van der Waals surface area contributed by atoms with E-state index in [4.69, 9.17) is 4.52 Å². The highest BCUT2D eigenvalue weighted by Gasteiger charge is 2.12. The van der Waals surface area contributed by atoms with Crippen LogP contribution in [0.4, 0.5) is 0 Å². The molecule has 0 fully saturated rings. The predicted octanol–water partition coefficient (Wildman–Crippen LogP) is 2.91. The maximum absolute atomic E-state index is 9.76. The molecule has 1 aromatic carbocycles. The van der Waals surface area contributed by atoms with Crippen LogP contribution < -0.4 is 5.32 Å². The Bertz CT molecular complexity index is 1030. The Morgan fingerprint density at radius 2 is 2.14 bits per heavy atom. The van der Waals surface area contributed by atoms with Gasteiger partial charge in [0.25, 0.3) is 0 Å². The third kappa shape index (κ3) is 4.22. The van der Waals surface area contributed by atoms with Crippen molar-refractivity contribution in [3.8, 4) is 23.2 Å². The Morgan fingerprint density at radius 3 is 2.89 bits per heavy atom. The molecule has 3 aromatic rings. The molecule has 0 amide bonds. The van der Waals surface area contributed by atoms with E-state index in [1.807, 2.05) is 41.1 Å². The lowest BCUT2D eigenvalue weighted by molar-refractivity contribution is 0.184. The molecule has 0 saturated heterocycles. The van der Waals surface area contributed by atoms with Gasteiger partial charge in [-0.3, -0.25) is 0 Å². The van der Waals surface area contributed by atoms with E-state index in [0.29, 0.717) is 18.1 Å². The SMILES string of the molecule is CC(O)c1nccn1Cc1cc(-c2ccc(C#CC3=CCNCC3)cc2)on1. The summed E-state index contributed by atoms with van der Waals surface area (Å²) >= 11 is 0. The maximum Gasteiger partial charge on any atom is 0.167 e. The zero-order valence-corrected chi connectivity index (χ0v) is 15.7. The van der Waals surface area contributed by atoms with Crippen LogP contribution in [0.25, 0.3) is 11.3 Å². The van der Waals surface area contributed by atoms with Crippen LogP contribution in [0.3, 0.4) is 0 Å². The Labute approximate surface area is 163 Å². The summed E-state index contributed by atoms with van der Waals surface area (Å²) in [5.41, 5.74) is 3.89. The number of aromatic nitrogens is 3. The smallest absolute Gasteiger partial charge is 0.167 e. The third-order valence-corrected chi connectivity index (χ3v) is 4.61. The van der Waals surface area contributed by atoms with Gasteiger partial charge in [-0.2, -0.15) is 0 Å². The fraction of sp³-hybridized carbons (Fsp3) is 0.273. The fourth-order valence-corrected chi connectivity index (χ4v) is 3.13. The van der Waals surface area contributed by atoms with Gasteiger partial charge >= 0.3 is 0 Å². The predicted molar refractivity (Wildman–Crippen MR) is 106 cm³/mol. The molecule has 6 heteroatoms.